The fourth-order valence-corrected chi connectivity index (χ4v) is 3.06. The van der Waals surface area contributed by atoms with Gasteiger partial charge in [0.05, 0.1) is 17.8 Å². The number of benzene rings is 2. The van der Waals surface area contributed by atoms with E-state index >= 15 is 0 Å². The number of pyridine rings is 1. The molecule has 0 bridgehead atoms. The van der Waals surface area contributed by atoms with Crippen molar-refractivity contribution < 1.29 is 0 Å². The quantitative estimate of drug-likeness (QED) is 0.563. The number of hydrogen-bond donors (Lipinski definition) is 1. The monoisotopic (exact) mass is 340 g/mol. The van der Waals surface area contributed by atoms with Gasteiger partial charge in [-0.25, -0.2) is 9.97 Å². The van der Waals surface area contributed by atoms with Gasteiger partial charge < -0.3 is 5.32 Å². The predicted molar refractivity (Wildman–Crippen MR) is 106 cm³/mol. The maximum atomic E-state index is 4.84. The third-order valence-corrected chi connectivity index (χ3v) is 4.41. The average Bonchev–Trinajstić information content (AvgIpc) is 2.72. The van der Waals surface area contributed by atoms with E-state index in [-0.39, 0.29) is 0 Å². The summed E-state index contributed by atoms with van der Waals surface area (Å²) in [6.45, 7) is 2.77. The Bertz CT molecular complexity index is 1030. The molecule has 26 heavy (non-hydrogen) atoms. The number of rotatable bonds is 5. The van der Waals surface area contributed by atoms with Crippen LogP contribution < -0.4 is 5.32 Å². The van der Waals surface area contributed by atoms with E-state index in [9.17, 15) is 0 Å². The third kappa shape index (κ3) is 3.26. The van der Waals surface area contributed by atoms with Gasteiger partial charge in [-0.2, -0.15) is 0 Å². The lowest BCUT2D eigenvalue weighted by Crippen LogP contribution is -2.05. The molecule has 1 N–H and O–H groups in total. The van der Waals surface area contributed by atoms with E-state index in [4.69, 9.17) is 9.97 Å². The van der Waals surface area contributed by atoms with E-state index in [2.05, 4.69) is 35.4 Å². The van der Waals surface area contributed by atoms with Gasteiger partial charge >= 0.3 is 0 Å². The number of para-hydroxylation sites is 1. The smallest absolute Gasteiger partial charge is 0.162 e. The molecule has 2 heterocycles. The van der Waals surface area contributed by atoms with Gasteiger partial charge in [-0.05, 0) is 36.2 Å². The summed E-state index contributed by atoms with van der Waals surface area (Å²) < 4.78 is 0. The van der Waals surface area contributed by atoms with Crippen LogP contribution in [0.25, 0.3) is 22.3 Å². The Morgan fingerprint density at radius 2 is 1.65 bits per heavy atom. The van der Waals surface area contributed by atoms with E-state index in [0.717, 1.165) is 40.2 Å². The average molecular weight is 340 g/mol. The minimum absolute atomic E-state index is 0.622. The van der Waals surface area contributed by atoms with E-state index in [1.165, 1.54) is 5.56 Å². The first-order valence-electron chi connectivity index (χ1n) is 8.84. The normalized spacial score (nSPS) is 10.8. The molecule has 0 saturated heterocycles. The molecule has 4 nitrogen and oxygen atoms in total. The van der Waals surface area contributed by atoms with Crippen molar-refractivity contribution in [1.82, 2.24) is 15.0 Å². The highest BCUT2D eigenvalue weighted by Crippen LogP contribution is 2.27. The maximum Gasteiger partial charge on any atom is 0.162 e. The number of aromatic nitrogens is 3. The second-order valence-corrected chi connectivity index (χ2v) is 6.10. The molecule has 0 spiro atoms. The Morgan fingerprint density at radius 3 is 2.50 bits per heavy atom. The molecule has 0 amide bonds. The highest BCUT2D eigenvalue weighted by molar-refractivity contribution is 5.90. The second-order valence-electron chi connectivity index (χ2n) is 6.10. The summed E-state index contributed by atoms with van der Waals surface area (Å²) in [5, 5.41) is 4.45. The van der Waals surface area contributed by atoms with E-state index in [1.54, 1.807) is 6.20 Å². The van der Waals surface area contributed by atoms with Crippen LogP contribution in [0.4, 0.5) is 5.82 Å². The van der Waals surface area contributed by atoms with Crippen molar-refractivity contribution in [3.8, 4) is 11.4 Å². The molecule has 0 saturated carbocycles. The molecule has 2 aromatic carbocycles. The summed E-state index contributed by atoms with van der Waals surface area (Å²) in [7, 11) is 0. The van der Waals surface area contributed by atoms with Crippen LogP contribution >= 0.6 is 0 Å². The van der Waals surface area contributed by atoms with Crippen LogP contribution in [0.1, 0.15) is 18.2 Å². The Morgan fingerprint density at radius 1 is 0.846 bits per heavy atom. The molecule has 0 aliphatic carbocycles. The third-order valence-electron chi connectivity index (χ3n) is 4.41. The van der Waals surface area contributed by atoms with Crippen molar-refractivity contribution in [1.29, 1.82) is 0 Å². The molecule has 0 aliphatic heterocycles. The van der Waals surface area contributed by atoms with Crippen LogP contribution in [0.15, 0.2) is 72.9 Å². The molecule has 0 atom stereocenters. The molecular weight excluding hydrogens is 320 g/mol. The zero-order valence-electron chi connectivity index (χ0n) is 14.7. The zero-order chi connectivity index (χ0) is 17.8. The molecule has 0 fully saturated rings. The molecular formula is C22H20N4. The van der Waals surface area contributed by atoms with Gasteiger partial charge in [0.15, 0.2) is 5.82 Å². The van der Waals surface area contributed by atoms with Gasteiger partial charge in [-0.1, -0.05) is 49.4 Å². The molecule has 128 valence electrons. The van der Waals surface area contributed by atoms with Crippen LogP contribution in [-0.4, -0.2) is 15.0 Å². The largest absolute Gasteiger partial charge is 0.364 e. The van der Waals surface area contributed by atoms with Crippen molar-refractivity contribution in [2.75, 3.05) is 5.32 Å². The summed E-state index contributed by atoms with van der Waals surface area (Å²) >= 11 is 0. The molecule has 4 aromatic rings. The molecule has 2 aromatic heterocycles. The summed E-state index contributed by atoms with van der Waals surface area (Å²) in [4.78, 5) is 14.0. The minimum atomic E-state index is 0.622. The zero-order valence-corrected chi connectivity index (χ0v) is 14.7. The lowest BCUT2D eigenvalue weighted by atomic mass is 10.0. The maximum absolute atomic E-state index is 4.84. The van der Waals surface area contributed by atoms with Gasteiger partial charge in [-0.15, -0.1) is 0 Å². The van der Waals surface area contributed by atoms with Gasteiger partial charge in [0.2, 0.25) is 0 Å². The van der Waals surface area contributed by atoms with Crippen molar-refractivity contribution in [2.45, 2.75) is 19.9 Å². The Hall–Kier alpha value is -3.27. The van der Waals surface area contributed by atoms with Crippen LogP contribution in [0.2, 0.25) is 0 Å². The Labute approximate surface area is 153 Å². The first-order valence-corrected chi connectivity index (χ1v) is 8.84. The Balaban J connectivity index is 1.78. The van der Waals surface area contributed by atoms with Crippen LogP contribution in [0.5, 0.6) is 0 Å². The van der Waals surface area contributed by atoms with E-state index < -0.39 is 0 Å². The van der Waals surface area contributed by atoms with E-state index in [0.29, 0.717) is 6.54 Å². The van der Waals surface area contributed by atoms with Crippen molar-refractivity contribution >= 4 is 16.7 Å². The van der Waals surface area contributed by atoms with Crippen LogP contribution in [0.3, 0.4) is 0 Å². The number of nitrogens with zero attached hydrogens (tertiary/aromatic N) is 3. The fraction of sp³-hybridized carbons (Fsp3) is 0.136. The number of nitrogens with one attached hydrogen (secondary N) is 1. The second kappa shape index (κ2) is 7.31. The fourth-order valence-electron chi connectivity index (χ4n) is 3.06. The van der Waals surface area contributed by atoms with Gasteiger partial charge in [0.25, 0.3) is 0 Å². The number of anilines is 1. The standard InChI is InChI=1S/C22H20N4/c1-2-16-9-3-4-11-18(16)22-25-20-13-6-5-12-19(20)21(26-22)24-15-17-10-7-8-14-23-17/h3-14H,2,15H2,1H3,(H,24,25,26). The SMILES string of the molecule is CCc1ccccc1-c1nc(NCc2ccccn2)c2ccccc2n1. The lowest BCUT2D eigenvalue weighted by Gasteiger charge is -2.12. The number of hydrogen-bond acceptors (Lipinski definition) is 4. The highest BCUT2D eigenvalue weighted by atomic mass is 15.0. The van der Waals surface area contributed by atoms with E-state index in [1.807, 2.05) is 48.5 Å². The first-order chi connectivity index (χ1) is 12.8. The van der Waals surface area contributed by atoms with Crippen molar-refractivity contribution in [2.24, 2.45) is 0 Å². The van der Waals surface area contributed by atoms with Crippen LogP contribution in [-0.2, 0) is 13.0 Å². The Kier molecular flexibility index (Phi) is 4.56. The van der Waals surface area contributed by atoms with Gasteiger partial charge in [-0.3, -0.25) is 4.98 Å². The van der Waals surface area contributed by atoms with Gasteiger partial charge in [0.1, 0.15) is 5.82 Å². The van der Waals surface area contributed by atoms with Gasteiger partial charge in [0, 0.05) is 17.1 Å². The highest BCUT2D eigenvalue weighted by Gasteiger charge is 2.11. The van der Waals surface area contributed by atoms with Crippen molar-refractivity contribution in [3.63, 3.8) is 0 Å². The summed E-state index contributed by atoms with van der Waals surface area (Å²) in [5.41, 5.74) is 4.25. The molecule has 0 aliphatic rings. The number of fused-ring (bicyclic) bond motifs is 1. The summed E-state index contributed by atoms with van der Waals surface area (Å²) in [5.74, 6) is 1.59. The first kappa shape index (κ1) is 16.2. The topological polar surface area (TPSA) is 50.7 Å². The summed E-state index contributed by atoms with van der Waals surface area (Å²) in [6.07, 6.45) is 2.75. The molecule has 4 heteroatoms. The molecule has 0 radical (unpaired) electrons. The molecule has 4 rings (SSSR count). The van der Waals surface area contributed by atoms with Crippen molar-refractivity contribution in [3.05, 3.63) is 84.2 Å². The minimum Gasteiger partial charge on any atom is -0.364 e. The van der Waals surface area contributed by atoms with Crippen LogP contribution in [0, 0.1) is 0 Å². The summed E-state index contributed by atoms with van der Waals surface area (Å²) in [6, 6.07) is 22.3. The number of aryl methyl sites for hydroxylation is 1. The predicted octanol–water partition coefficient (Wildman–Crippen LogP) is 4.87. The molecule has 0 unspecified atom stereocenters. The lowest BCUT2D eigenvalue weighted by molar-refractivity contribution is 1.03.